The van der Waals surface area contributed by atoms with Crippen molar-refractivity contribution in [3.8, 4) is 5.75 Å². The maximum Gasteiger partial charge on any atom is 0.134 e. The van der Waals surface area contributed by atoms with Crippen LogP contribution in [0, 0.1) is 0 Å². The van der Waals surface area contributed by atoms with Crippen molar-refractivity contribution >= 4 is 17.0 Å². The fraction of sp³-hybridized carbons (Fsp3) is 0.444. The lowest BCUT2D eigenvalue weighted by atomic mass is 10.2. The fourth-order valence-electron chi connectivity index (χ4n) is 2.85. The smallest absolute Gasteiger partial charge is 0.134 e. The Bertz CT molecular complexity index is 582. The molecule has 0 radical (unpaired) electrons. The topological polar surface area (TPSA) is 36.5 Å². The van der Waals surface area contributed by atoms with Gasteiger partial charge in [-0.15, -0.1) is 11.3 Å². The molecule has 124 valence electrons. The van der Waals surface area contributed by atoms with E-state index < -0.39 is 0 Å². The average molecular weight is 331 g/mol. The van der Waals surface area contributed by atoms with E-state index >= 15 is 0 Å². The Kier molecular flexibility index (Phi) is 5.91. The van der Waals surface area contributed by atoms with Gasteiger partial charge in [-0.25, -0.2) is 0 Å². The Labute approximate surface area is 142 Å². The molecule has 1 fully saturated rings. The third-order valence-electron chi connectivity index (χ3n) is 4.10. The van der Waals surface area contributed by atoms with Crippen LogP contribution in [0.4, 0.5) is 5.69 Å². The Balaban J connectivity index is 1.72. The van der Waals surface area contributed by atoms with E-state index in [0.29, 0.717) is 0 Å². The second-order valence-corrected chi connectivity index (χ2v) is 6.73. The molecule has 23 heavy (non-hydrogen) atoms. The SMILES string of the molecule is CNCCC(Oc1cccc(N2CCNCC2)c1)c1cccs1. The molecule has 1 unspecified atom stereocenters. The summed E-state index contributed by atoms with van der Waals surface area (Å²) >= 11 is 1.76. The largest absolute Gasteiger partial charge is 0.485 e. The summed E-state index contributed by atoms with van der Waals surface area (Å²) in [6.07, 6.45) is 1.08. The summed E-state index contributed by atoms with van der Waals surface area (Å²) in [5.74, 6) is 0.954. The third kappa shape index (κ3) is 4.47. The van der Waals surface area contributed by atoms with Crippen LogP contribution < -0.4 is 20.3 Å². The van der Waals surface area contributed by atoms with Crippen molar-refractivity contribution < 1.29 is 4.74 Å². The van der Waals surface area contributed by atoms with Gasteiger partial charge in [0.1, 0.15) is 11.9 Å². The molecule has 3 rings (SSSR count). The Morgan fingerprint density at radius 1 is 1.26 bits per heavy atom. The monoisotopic (exact) mass is 331 g/mol. The van der Waals surface area contributed by atoms with Gasteiger partial charge in [-0.2, -0.15) is 0 Å². The van der Waals surface area contributed by atoms with E-state index in [-0.39, 0.29) is 6.10 Å². The standard InChI is InChI=1S/C18H25N3OS/c1-19-8-7-17(18-6-3-13-23-18)22-16-5-2-4-15(14-16)21-11-9-20-10-12-21/h2-6,13-14,17,19-20H,7-12H2,1H3. The van der Waals surface area contributed by atoms with Crippen molar-refractivity contribution in [1.29, 1.82) is 0 Å². The van der Waals surface area contributed by atoms with Gasteiger partial charge in [-0.3, -0.25) is 0 Å². The molecule has 0 aliphatic carbocycles. The van der Waals surface area contributed by atoms with E-state index in [2.05, 4.69) is 57.3 Å². The first-order valence-electron chi connectivity index (χ1n) is 8.27. The Morgan fingerprint density at radius 2 is 2.13 bits per heavy atom. The van der Waals surface area contributed by atoms with Crippen molar-refractivity contribution in [3.63, 3.8) is 0 Å². The maximum absolute atomic E-state index is 6.32. The summed E-state index contributed by atoms with van der Waals surface area (Å²) in [7, 11) is 1.98. The number of nitrogens with zero attached hydrogens (tertiary/aromatic N) is 1. The minimum absolute atomic E-state index is 0.112. The fourth-order valence-corrected chi connectivity index (χ4v) is 3.64. The molecule has 1 aliphatic heterocycles. The first kappa shape index (κ1) is 16.3. The second-order valence-electron chi connectivity index (χ2n) is 5.75. The molecule has 2 N–H and O–H groups in total. The number of rotatable bonds is 7. The molecule has 4 nitrogen and oxygen atoms in total. The van der Waals surface area contributed by atoms with E-state index in [1.807, 2.05) is 7.05 Å². The summed E-state index contributed by atoms with van der Waals surface area (Å²) in [5, 5.41) is 8.73. The third-order valence-corrected chi connectivity index (χ3v) is 5.06. The average Bonchev–Trinajstić information content (AvgIpc) is 3.14. The molecule has 1 atom stereocenters. The van der Waals surface area contributed by atoms with Crippen LogP contribution in [0.15, 0.2) is 41.8 Å². The molecule has 0 spiro atoms. The quantitative estimate of drug-likeness (QED) is 0.818. The van der Waals surface area contributed by atoms with Crippen molar-refractivity contribution in [3.05, 3.63) is 46.7 Å². The summed E-state index contributed by atoms with van der Waals surface area (Å²) in [4.78, 5) is 3.70. The summed E-state index contributed by atoms with van der Waals surface area (Å²) in [5.41, 5.74) is 1.25. The van der Waals surface area contributed by atoms with E-state index in [9.17, 15) is 0 Å². The highest BCUT2D eigenvalue weighted by Gasteiger charge is 2.16. The molecular weight excluding hydrogens is 306 g/mol. The molecule has 2 aromatic rings. The second kappa shape index (κ2) is 8.34. The van der Waals surface area contributed by atoms with Crippen LogP contribution in [-0.2, 0) is 0 Å². The number of piperazine rings is 1. The highest BCUT2D eigenvalue weighted by molar-refractivity contribution is 7.10. The van der Waals surface area contributed by atoms with Crippen molar-refractivity contribution in [1.82, 2.24) is 10.6 Å². The molecule has 0 amide bonds. The zero-order valence-electron chi connectivity index (χ0n) is 13.6. The number of thiophene rings is 1. The van der Waals surface area contributed by atoms with Crippen LogP contribution >= 0.6 is 11.3 Å². The number of benzene rings is 1. The van der Waals surface area contributed by atoms with Crippen LogP contribution in [0.5, 0.6) is 5.75 Å². The van der Waals surface area contributed by atoms with Gasteiger partial charge < -0.3 is 20.3 Å². The van der Waals surface area contributed by atoms with Crippen LogP contribution in [0.1, 0.15) is 17.4 Å². The molecule has 2 heterocycles. The number of ether oxygens (including phenoxy) is 1. The molecule has 0 bridgehead atoms. The molecule has 1 aromatic heterocycles. The molecular formula is C18H25N3OS. The first-order chi connectivity index (χ1) is 11.4. The number of hydrogen-bond donors (Lipinski definition) is 2. The van der Waals surface area contributed by atoms with E-state index in [1.165, 1.54) is 10.6 Å². The Morgan fingerprint density at radius 3 is 2.87 bits per heavy atom. The normalized spacial score (nSPS) is 16.3. The van der Waals surface area contributed by atoms with Crippen LogP contribution in [0.2, 0.25) is 0 Å². The van der Waals surface area contributed by atoms with Gasteiger partial charge in [0.15, 0.2) is 0 Å². The van der Waals surface area contributed by atoms with Gasteiger partial charge in [0, 0.05) is 49.2 Å². The van der Waals surface area contributed by atoms with Gasteiger partial charge in [0.25, 0.3) is 0 Å². The van der Waals surface area contributed by atoms with Crippen molar-refractivity contribution in [2.45, 2.75) is 12.5 Å². The summed E-state index contributed by atoms with van der Waals surface area (Å²) in [6, 6.07) is 12.7. The molecule has 0 saturated carbocycles. The van der Waals surface area contributed by atoms with Crippen LogP contribution in [0.25, 0.3) is 0 Å². The molecule has 1 saturated heterocycles. The maximum atomic E-state index is 6.32. The van der Waals surface area contributed by atoms with E-state index in [1.54, 1.807) is 11.3 Å². The minimum Gasteiger partial charge on any atom is -0.485 e. The predicted octanol–water partition coefficient (Wildman–Crippen LogP) is 2.89. The van der Waals surface area contributed by atoms with E-state index in [0.717, 1.165) is 44.9 Å². The lowest BCUT2D eigenvalue weighted by molar-refractivity contribution is 0.199. The lowest BCUT2D eigenvalue weighted by Gasteiger charge is -2.30. The van der Waals surface area contributed by atoms with Gasteiger partial charge in [0.2, 0.25) is 0 Å². The summed E-state index contributed by atoms with van der Waals surface area (Å²) < 4.78 is 6.32. The number of anilines is 1. The zero-order chi connectivity index (χ0) is 15.9. The van der Waals surface area contributed by atoms with Gasteiger partial charge in [0.05, 0.1) is 0 Å². The number of nitrogens with one attached hydrogen (secondary N) is 2. The molecule has 5 heteroatoms. The first-order valence-corrected chi connectivity index (χ1v) is 9.15. The zero-order valence-corrected chi connectivity index (χ0v) is 14.4. The molecule has 1 aliphatic rings. The summed E-state index contributed by atoms with van der Waals surface area (Å²) in [6.45, 7) is 5.14. The number of hydrogen-bond acceptors (Lipinski definition) is 5. The predicted molar refractivity (Wildman–Crippen MR) is 97.8 cm³/mol. The highest BCUT2D eigenvalue weighted by Crippen LogP contribution is 2.30. The van der Waals surface area contributed by atoms with Gasteiger partial charge in [-0.1, -0.05) is 12.1 Å². The van der Waals surface area contributed by atoms with E-state index in [4.69, 9.17) is 4.74 Å². The van der Waals surface area contributed by atoms with Crippen LogP contribution in [-0.4, -0.2) is 39.8 Å². The van der Waals surface area contributed by atoms with Gasteiger partial charge in [-0.05, 0) is 37.2 Å². The van der Waals surface area contributed by atoms with Gasteiger partial charge >= 0.3 is 0 Å². The highest BCUT2D eigenvalue weighted by atomic mass is 32.1. The molecule has 1 aromatic carbocycles. The van der Waals surface area contributed by atoms with Crippen LogP contribution in [0.3, 0.4) is 0 Å². The van der Waals surface area contributed by atoms with Crippen molar-refractivity contribution in [2.75, 3.05) is 44.7 Å². The Hall–Kier alpha value is -1.56. The van der Waals surface area contributed by atoms with Crippen molar-refractivity contribution in [2.24, 2.45) is 0 Å². The minimum atomic E-state index is 0.112. The lowest BCUT2D eigenvalue weighted by Crippen LogP contribution is -2.43.